The van der Waals surface area contributed by atoms with Crippen molar-refractivity contribution in [1.29, 1.82) is 0 Å². The van der Waals surface area contributed by atoms with E-state index in [9.17, 15) is 9.18 Å². The van der Waals surface area contributed by atoms with E-state index in [0.717, 1.165) is 0 Å². The molecule has 0 bridgehead atoms. The van der Waals surface area contributed by atoms with Crippen molar-refractivity contribution < 1.29 is 18.7 Å². The fourth-order valence-electron chi connectivity index (χ4n) is 1.29. The highest BCUT2D eigenvalue weighted by molar-refractivity contribution is 9.08. The Morgan fingerprint density at radius 3 is 2.56 bits per heavy atom. The maximum atomic E-state index is 13.5. The van der Waals surface area contributed by atoms with E-state index in [1.165, 1.54) is 20.3 Å². The highest BCUT2D eigenvalue weighted by Crippen LogP contribution is 2.25. The molecule has 0 N–H and O–H groups in total. The zero-order chi connectivity index (χ0) is 12.1. The second kappa shape index (κ2) is 5.84. The molecular formula is C11H12BrFO3. The van der Waals surface area contributed by atoms with Gasteiger partial charge in [0.1, 0.15) is 11.6 Å². The summed E-state index contributed by atoms with van der Waals surface area (Å²) in [5.41, 5.74) is 0.974. The van der Waals surface area contributed by atoms with Crippen LogP contribution in [0.25, 0.3) is 0 Å². The van der Waals surface area contributed by atoms with Crippen molar-refractivity contribution in [2.75, 3.05) is 14.2 Å². The molecule has 0 radical (unpaired) electrons. The molecule has 0 fully saturated rings. The molecular weight excluding hydrogens is 279 g/mol. The molecule has 16 heavy (non-hydrogen) atoms. The third-order valence-corrected chi connectivity index (χ3v) is 2.76. The summed E-state index contributed by atoms with van der Waals surface area (Å²) in [5, 5.41) is 0.397. The number of alkyl halides is 1. The molecule has 1 rings (SSSR count). The topological polar surface area (TPSA) is 35.5 Å². The Morgan fingerprint density at radius 2 is 2.06 bits per heavy atom. The predicted molar refractivity (Wildman–Crippen MR) is 61.3 cm³/mol. The maximum Gasteiger partial charge on any atom is 0.310 e. The summed E-state index contributed by atoms with van der Waals surface area (Å²) in [6, 6.07) is 2.87. The standard InChI is InChI=1S/C11H12BrFO3/c1-15-10-4-8(6-12)9(13)3-7(10)5-11(14)16-2/h3-4H,5-6H2,1-2H3. The first-order valence-electron chi connectivity index (χ1n) is 4.60. The van der Waals surface area contributed by atoms with Crippen LogP contribution in [0.15, 0.2) is 12.1 Å². The molecule has 0 aromatic heterocycles. The van der Waals surface area contributed by atoms with E-state index < -0.39 is 5.97 Å². The zero-order valence-electron chi connectivity index (χ0n) is 9.05. The summed E-state index contributed by atoms with van der Waals surface area (Å²) >= 11 is 3.17. The molecule has 0 aliphatic rings. The highest BCUT2D eigenvalue weighted by atomic mass is 79.9. The second-order valence-corrected chi connectivity index (χ2v) is 3.70. The lowest BCUT2D eigenvalue weighted by Gasteiger charge is -2.10. The molecule has 0 atom stereocenters. The number of ether oxygens (including phenoxy) is 2. The Labute approximate surface area is 102 Å². The van der Waals surface area contributed by atoms with Gasteiger partial charge in [-0.1, -0.05) is 15.9 Å². The summed E-state index contributed by atoms with van der Waals surface area (Å²) in [5.74, 6) is -0.304. The van der Waals surface area contributed by atoms with Gasteiger partial charge in [-0.3, -0.25) is 4.79 Å². The van der Waals surface area contributed by atoms with Gasteiger partial charge in [-0.15, -0.1) is 0 Å². The van der Waals surface area contributed by atoms with Gasteiger partial charge >= 0.3 is 5.97 Å². The molecule has 1 aromatic carbocycles. The number of esters is 1. The molecule has 0 spiro atoms. The number of methoxy groups -OCH3 is 2. The number of carbonyl (C=O) groups is 1. The smallest absolute Gasteiger partial charge is 0.310 e. The normalized spacial score (nSPS) is 10.0. The monoisotopic (exact) mass is 290 g/mol. The van der Waals surface area contributed by atoms with Gasteiger partial charge in [-0.2, -0.15) is 0 Å². The van der Waals surface area contributed by atoms with Gasteiger partial charge < -0.3 is 9.47 Å². The van der Waals surface area contributed by atoms with E-state index >= 15 is 0 Å². The molecule has 5 heteroatoms. The van der Waals surface area contributed by atoms with Crippen LogP contribution in [-0.4, -0.2) is 20.2 Å². The molecule has 0 aliphatic heterocycles. The SMILES string of the molecule is COC(=O)Cc1cc(F)c(CBr)cc1OC. The Bertz CT molecular complexity index is 393. The summed E-state index contributed by atoms with van der Waals surface area (Å²) in [4.78, 5) is 11.1. The van der Waals surface area contributed by atoms with Crippen LogP contribution < -0.4 is 4.74 Å². The van der Waals surface area contributed by atoms with Crippen molar-refractivity contribution in [3.8, 4) is 5.75 Å². The Morgan fingerprint density at radius 1 is 1.38 bits per heavy atom. The first-order chi connectivity index (χ1) is 7.62. The van der Waals surface area contributed by atoms with Crippen LogP contribution in [0.4, 0.5) is 4.39 Å². The van der Waals surface area contributed by atoms with Crippen LogP contribution in [0.3, 0.4) is 0 Å². The predicted octanol–water partition coefficient (Wildman–Crippen LogP) is 2.44. The lowest BCUT2D eigenvalue weighted by Crippen LogP contribution is -2.07. The first kappa shape index (κ1) is 13.0. The summed E-state index contributed by atoms with van der Waals surface area (Å²) < 4.78 is 23.1. The van der Waals surface area contributed by atoms with Gasteiger partial charge in [-0.25, -0.2) is 4.39 Å². The van der Waals surface area contributed by atoms with Crippen molar-refractivity contribution in [3.63, 3.8) is 0 Å². The van der Waals surface area contributed by atoms with Crippen LogP contribution in [0.5, 0.6) is 5.75 Å². The van der Waals surface area contributed by atoms with Gasteiger partial charge in [0.15, 0.2) is 0 Å². The highest BCUT2D eigenvalue weighted by Gasteiger charge is 2.13. The van der Waals surface area contributed by atoms with E-state index in [1.54, 1.807) is 6.07 Å². The average molecular weight is 291 g/mol. The average Bonchev–Trinajstić information content (AvgIpc) is 2.29. The van der Waals surface area contributed by atoms with Crippen LogP contribution in [0.1, 0.15) is 11.1 Å². The van der Waals surface area contributed by atoms with Crippen molar-refractivity contribution in [3.05, 3.63) is 29.1 Å². The van der Waals surface area contributed by atoms with Gasteiger partial charge in [-0.05, 0) is 12.1 Å². The third kappa shape index (κ3) is 2.95. The van der Waals surface area contributed by atoms with Crippen molar-refractivity contribution in [2.45, 2.75) is 11.8 Å². The fourth-order valence-corrected chi connectivity index (χ4v) is 1.72. The van der Waals surface area contributed by atoms with E-state index in [1.807, 2.05) is 0 Å². The quantitative estimate of drug-likeness (QED) is 0.631. The summed E-state index contributed by atoms with van der Waals surface area (Å²) in [6.45, 7) is 0. The number of halogens is 2. The van der Waals surface area contributed by atoms with E-state index in [4.69, 9.17) is 4.74 Å². The maximum absolute atomic E-state index is 13.5. The largest absolute Gasteiger partial charge is 0.496 e. The Kier molecular flexibility index (Phi) is 4.73. The van der Waals surface area contributed by atoms with E-state index in [0.29, 0.717) is 22.2 Å². The molecule has 1 aromatic rings. The minimum Gasteiger partial charge on any atom is -0.496 e. The van der Waals surface area contributed by atoms with Crippen LogP contribution in [-0.2, 0) is 21.3 Å². The molecule has 3 nitrogen and oxygen atoms in total. The van der Waals surface area contributed by atoms with Crippen LogP contribution in [0, 0.1) is 5.82 Å². The fraction of sp³-hybridized carbons (Fsp3) is 0.364. The minimum atomic E-state index is -0.427. The molecule has 0 saturated heterocycles. The van der Waals surface area contributed by atoms with Gasteiger partial charge in [0.05, 0.1) is 20.6 Å². The molecule has 88 valence electrons. The van der Waals surface area contributed by atoms with Crippen LogP contribution in [0.2, 0.25) is 0 Å². The molecule has 0 aliphatic carbocycles. The van der Waals surface area contributed by atoms with E-state index in [2.05, 4.69) is 20.7 Å². The minimum absolute atomic E-state index is 0.000834. The molecule has 0 unspecified atom stereocenters. The summed E-state index contributed by atoms with van der Waals surface area (Å²) in [7, 11) is 2.77. The van der Waals surface area contributed by atoms with Gasteiger partial charge in [0, 0.05) is 16.5 Å². The van der Waals surface area contributed by atoms with Crippen molar-refractivity contribution >= 4 is 21.9 Å². The second-order valence-electron chi connectivity index (χ2n) is 3.14. The van der Waals surface area contributed by atoms with Gasteiger partial charge in [0.2, 0.25) is 0 Å². The summed E-state index contributed by atoms with van der Waals surface area (Å²) in [6.07, 6.45) is -0.000834. The lowest BCUT2D eigenvalue weighted by molar-refractivity contribution is -0.139. The molecule has 0 amide bonds. The van der Waals surface area contributed by atoms with Crippen molar-refractivity contribution in [1.82, 2.24) is 0 Å². The number of hydrogen-bond acceptors (Lipinski definition) is 3. The molecule has 0 heterocycles. The Balaban J connectivity index is 3.08. The Hall–Kier alpha value is -1.10. The van der Waals surface area contributed by atoms with Gasteiger partial charge in [0.25, 0.3) is 0 Å². The number of hydrogen-bond donors (Lipinski definition) is 0. The molecule has 0 saturated carbocycles. The number of benzene rings is 1. The van der Waals surface area contributed by atoms with Crippen LogP contribution >= 0.6 is 15.9 Å². The number of carbonyl (C=O) groups excluding carboxylic acids is 1. The third-order valence-electron chi connectivity index (χ3n) is 2.16. The lowest BCUT2D eigenvalue weighted by atomic mass is 10.1. The zero-order valence-corrected chi connectivity index (χ0v) is 10.6. The first-order valence-corrected chi connectivity index (χ1v) is 5.72. The number of rotatable bonds is 4. The van der Waals surface area contributed by atoms with Crippen molar-refractivity contribution in [2.24, 2.45) is 0 Å². The van der Waals surface area contributed by atoms with E-state index in [-0.39, 0.29) is 12.2 Å².